The Kier molecular flexibility index (Phi) is 4.40. The molecule has 4 heteroatoms. The minimum absolute atomic E-state index is 0.0210. The van der Waals surface area contributed by atoms with Crippen LogP contribution in [0.2, 0.25) is 5.02 Å². The molecule has 0 spiro atoms. The predicted octanol–water partition coefficient (Wildman–Crippen LogP) is 4.70. The molecule has 0 atom stereocenters. The first kappa shape index (κ1) is 13.8. The Balaban J connectivity index is 2.24. The molecule has 0 bridgehead atoms. The van der Waals surface area contributed by atoms with E-state index in [1.807, 2.05) is 0 Å². The van der Waals surface area contributed by atoms with Gasteiger partial charge < -0.3 is 5.11 Å². The first-order valence-electron chi connectivity index (χ1n) is 5.53. The number of hydrogen-bond donors (Lipinski definition) is 1. The van der Waals surface area contributed by atoms with E-state index >= 15 is 0 Å². The molecule has 0 heterocycles. The Labute approximate surface area is 124 Å². The molecule has 0 radical (unpaired) electrons. The number of rotatable bonds is 3. The zero-order chi connectivity index (χ0) is 13.8. The van der Waals surface area contributed by atoms with Gasteiger partial charge in [-0.15, -0.1) is 0 Å². The fraction of sp³-hybridized carbons (Fsp3) is 0. The number of para-hydroxylation sites is 1. The molecule has 0 fully saturated rings. The molecule has 2 rings (SSSR count). The topological polar surface area (TPSA) is 37.3 Å². The van der Waals surface area contributed by atoms with Crippen LogP contribution in [0.15, 0.2) is 53.0 Å². The van der Waals surface area contributed by atoms with Gasteiger partial charge in [-0.2, -0.15) is 0 Å². The Bertz CT molecular complexity index is 650. The van der Waals surface area contributed by atoms with Crippen molar-refractivity contribution in [1.29, 1.82) is 0 Å². The van der Waals surface area contributed by atoms with Gasteiger partial charge in [-0.3, -0.25) is 4.79 Å². The lowest BCUT2D eigenvalue weighted by atomic mass is 10.1. The lowest BCUT2D eigenvalue weighted by molar-refractivity contribution is 0.104. The van der Waals surface area contributed by atoms with Crippen molar-refractivity contribution in [2.24, 2.45) is 0 Å². The summed E-state index contributed by atoms with van der Waals surface area (Å²) in [5, 5.41) is 10.2. The van der Waals surface area contributed by atoms with Crippen molar-refractivity contribution in [3.05, 3.63) is 69.2 Å². The van der Waals surface area contributed by atoms with Crippen molar-refractivity contribution in [2.75, 3.05) is 0 Å². The molecule has 19 heavy (non-hydrogen) atoms. The smallest absolute Gasteiger partial charge is 0.189 e. The fourth-order valence-electron chi connectivity index (χ4n) is 1.57. The third-order valence-electron chi connectivity index (χ3n) is 2.55. The minimum atomic E-state index is -0.250. The largest absolute Gasteiger partial charge is 0.507 e. The van der Waals surface area contributed by atoms with Gasteiger partial charge in [-0.05, 0) is 42.0 Å². The monoisotopic (exact) mass is 336 g/mol. The minimum Gasteiger partial charge on any atom is -0.507 e. The Morgan fingerprint density at radius 3 is 2.63 bits per heavy atom. The van der Waals surface area contributed by atoms with E-state index in [1.165, 1.54) is 12.1 Å². The second-order valence-electron chi connectivity index (χ2n) is 3.88. The maximum atomic E-state index is 11.9. The lowest BCUT2D eigenvalue weighted by Crippen LogP contribution is -1.94. The zero-order valence-electron chi connectivity index (χ0n) is 9.81. The lowest BCUT2D eigenvalue weighted by Gasteiger charge is -2.00. The molecule has 0 amide bonds. The van der Waals surface area contributed by atoms with Crippen LogP contribution in [-0.2, 0) is 0 Å². The van der Waals surface area contributed by atoms with Crippen LogP contribution < -0.4 is 0 Å². The number of hydrogen-bond acceptors (Lipinski definition) is 2. The highest BCUT2D eigenvalue weighted by atomic mass is 79.9. The zero-order valence-corrected chi connectivity index (χ0v) is 12.1. The molecule has 0 unspecified atom stereocenters. The van der Waals surface area contributed by atoms with Gasteiger partial charge in [-0.25, -0.2) is 0 Å². The number of halogens is 2. The summed E-state index contributed by atoms with van der Waals surface area (Å²) >= 11 is 9.21. The second kappa shape index (κ2) is 6.04. The summed E-state index contributed by atoms with van der Waals surface area (Å²) in [7, 11) is 0. The van der Waals surface area contributed by atoms with Crippen molar-refractivity contribution < 1.29 is 9.90 Å². The van der Waals surface area contributed by atoms with E-state index in [2.05, 4.69) is 15.9 Å². The first-order valence-corrected chi connectivity index (χ1v) is 6.70. The van der Waals surface area contributed by atoms with Gasteiger partial charge in [0.25, 0.3) is 0 Å². The van der Waals surface area contributed by atoms with Crippen LogP contribution in [0, 0.1) is 0 Å². The quantitative estimate of drug-likeness (QED) is 0.651. The van der Waals surface area contributed by atoms with Crippen LogP contribution in [0.25, 0.3) is 6.08 Å². The SMILES string of the molecule is O=C(C=Cc1ccc(Cl)cc1Br)c1ccccc1O. The molecule has 2 nitrogen and oxygen atoms in total. The molecular formula is C15H10BrClO2. The van der Waals surface area contributed by atoms with Crippen molar-refractivity contribution >= 4 is 39.4 Å². The maximum Gasteiger partial charge on any atom is 0.189 e. The van der Waals surface area contributed by atoms with Crippen molar-refractivity contribution in [2.45, 2.75) is 0 Å². The molecular weight excluding hydrogens is 328 g/mol. The van der Waals surface area contributed by atoms with Gasteiger partial charge in [-0.1, -0.05) is 45.7 Å². The predicted molar refractivity (Wildman–Crippen MR) is 80.6 cm³/mol. The Morgan fingerprint density at radius 1 is 1.21 bits per heavy atom. The molecule has 0 aromatic heterocycles. The molecule has 2 aromatic rings. The summed E-state index contributed by atoms with van der Waals surface area (Å²) in [4.78, 5) is 11.9. The number of phenols is 1. The Hall–Kier alpha value is -1.58. The number of carbonyl (C=O) groups excluding carboxylic acids is 1. The average Bonchev–Trinajstić information content (AvgIpc) is 2.38. The standard InChI is InChI=1S/C15H10BrClO2/c16-13-9-11(17)7-5-10(13)6-8-15(19)12-3-1-2-4-14(12)18/h1-9,18H. The van der Waals surface area contributed by atoms with Gasteiger partial charge in [0.15, 0.2) is 5.78 Å². The van der Waals surface area contributed by atoms with Crippen LogP contribution in [-0.4, -0.2) is 10.9 Å². The highest BCUT2D eigenvalue weighted by Gasteiger charge is 2.06. The normalized spacial score (nSPS) is 10.8. The van der Waals surface area contributed by atoms with E-state index in [9.17, 15) is 9.90 Å². The van der Waals surface area contributed by atoms with Crippen LogP contribution in [0.4, 0.5) is 0 Å². The highest BCUT2D eigenvalue weighted by molar-refractivity contribution is 9.10. The molecule has 0 saturated carbocycles. The van der Waals surface area contributed by atoms with Crippen molar-refractivity contribution in [3.8, 4) is 5.75 Å². The molecule has 0 aliphatic heterocycles. The van der Waals surface area contributed by atoms with Crippen LogP contribution in [0.5, 0.6) is 5.75 Å². The summed E-state index contributed by atoms with van der Waals surface area (Å²) in [6.07, 6.45) is 3.10. The van der Waals surface area contributed by atoms with E-state index in [-0.39, 0.29) is 17.1 Å². The highest BCUT2D eigenvalue weighted by Crippen LogP contribution is 2.23. The third kappa shape index (κ3) is 3.46. The van der Waals surface area contributed by atoms with E-state index in [4.69, 9.17) is 11.6 Å². The van der Waals surface area contributed by atoms with E-state index in [1.54, 1.807) is 42.5 Å². The van der Waals surface area contributed by atoms with E-state index in [0.29, 0.717) is 5.02 Å². The van der Waals surface area contributed by atoms with Crippen molar-refractivity contribution in [1.82, 2.24) is 0 Å². The van der Waals surface area contributed by atoms with Gasteiger partial charge in [0.1, 0.15) is 5.75 Å². The van der Waals surface area contributed by atoms with Gasteiger partial charge in [0.05, 0.1) is 5.56 Å². The van der Waals surface area contributed by atoms with Gasteiger partial charge in [0.2, 0.25) is 0 Å². The average molecular weight is 338 g/mol. The van der Waals surface area contributed by atoms with Gasteiger partial charge in [0, 0.05) is 9.50 Å². The van der Waals surface area contributed by atoms with Crippen molar-refractivity contribution in [3.63, 3.8) is 0 Å². The number of benzene rings is 2. The van der Waals surface area contributed by atoms with Crippen LogP contribution >= 0.6 is 27.5 Å². The molecule has 0 aliphatic carbocycles. The summed E-state index contributed by atoms with van der Waals surface area (Å²) in [5.41, 5.74) is 1.12. The van der Waals surface area contributed by atoms with E-state index in [0.717, 1.165) is 10.0 Å². The third-order valence-corrected chi connectivity index (χ3v) is 3.47. The van der Waals surface area contributed by atoms with Gasteiger partial charge >= 0.3 is 0 Å². The molecule has 96 valence electrons. The maximum absolute atomic E-state index is 11.9. The molecule has 1 N–H and O–H groups in total. The summed E-state index contributed by atoms with van der Waals surface area (Å²) in [5.74, 6) is -0.271. The fourth-order valence-corrected chi connectivity index (χ4v) is 2.39. The Morgan fingerprint density at radius 2 is 1.95 bits per heavy atom. The molecule has 2 aromatic carbocycles. The number of ketones is 1. The number of aromatic hydroxyl groups is 1. The number of carbonyl (C=O) groups is 1. The first-order chi connectivity index (χ1) is 9.08. The number of phenolic OH excluding ortho intramolecular Hbond substituents is 1. The van der Waals surface area contributed by atoms with E-state index < -0.39 is 0 Å². The summed E-state index contributed by atoms with van der Waals surface area (Å²) in [6.45, 7) is 0. The summed E-state index contributed by atoms with van der Waals surface area (Å²) < 4.78 is 0.807. The van der Waals surface area contributed by atoms with Crippen LogP contribution in [0.3, 0.4) is 0 Å². The number of allylic oxidation sites excluding steroid dienone is 1. The molecule has 0 aliphatic rings. The summed E-state index contributed by atoms with van der Waals surface area (Å²) in [6, 6.07) is 11.8. The second-order valence-corrected chi connectivity index (χ2v) is 5.17. The molecule has 0 saturated heterocycles. The van der Waals surface area contributed by atoms with Crippen LogP contribution in [0.1, 0.15) is 15.9 Å².